The SMILES string of the molecule is CC(NC(=O)C(C)N1C(=O)c2cc(Cl)c(Cl)cc2C1=O)C1CC2CCC1C2. The van der Waals surface area contributed by atoms with Crippen LogP contribution in [0, 0.1) is 17.8 Å². The highest BCUT2D eigenvalue weighted by Crippen LogP contribution is 2.49. The standard InChI is InChI=1S/C20H22Cl2N2O3/c1-9(13-6-11-3-4-12(13)5-11)23-18(25)10(2)24-19(26)14-7-16(21)17(22)8-15(14)20(24)27/h7-13H,3-6H2,1-2H3,(H,23,25). The molecule has 2 bridgehead atoms. The van der Waals surface area contributed by atoms with E-state index in [0.29, 0.717) is 11.8 Å². The van der Waals surface area contributed by atoms with Crippen molar-refractivity contribution in [3.05, 3.63) is 33.3 Å². The van der Waals surface area contributed by atoms with Crippen LogP contribution in [0.2, 0.25) is 10.0 Å². The Morgan fingerprint density at radius 2 is 1.67 bits per heavy atom. The molecule has 5 nitrogen and oxygen atoms in total. The highest BCUT2D eigenvalue weighted by molar-refractivity contribution is 6.43. The topological polar surface area (TPSA) is 66.5 Å². The molecule has 7 heteroatoms. The lowest BCUT2D eigenvalue weighted by atomic mass is 9.84. The number of fused-ring (bicyclic) bond motifs is 3. The number of carbonyl (C=O) groups is 3. The van der Waals surface area contributed by atoms with Crippen LogP contribution in [0.5, 0.6) is 0 Å². The van der Waals surface area contributed by atoms with Gasteiger partial charge in [-0.1, -0.05) is 29.6 Å². The zero-order valence-corrected chi connectivity index (χ0v) is 16.8. The first-order valence-corrected chi connectivity index (χ1v) is 10.2. The number of hydrogen-bond acceptors (Lipinski definition) is 3. The summed E-state index contributed by atoms with van der Waals surface area (Å²) in [4.78, 5) is 39.1. The van der Waals surface area contributed by atoms with E-state index in [4.69, 9.17) is 23.2 Å². The largest absolute Gasteiger partial charge is 0.352 e. The number of amides is 3. The molecule has 144 valence electrons. The number of rotatable bonds is 4. The van der Waals surface area contributed by atoms with Crippen molar-refractivity contribution in [1.29, 1.82) is 0 Å². The number of nitrogens with one attached hydrogen (secondary N) is 1. The predicted octanol–water partition coefficient (Wildman–Crippen LogP) is 3.92. The maximum atomic E-state index is 12.8. The van der Waals surface area contributed by atoms with Crippen LogP contribution >= 0.6 is 23.2 Å². The van der Waals surface area contributed by atoms with E-state index in [2.05, 4.69) is 5.32 Å². The van der Waals surface area contributed by atoms with Gasteiger partial charge in [0.15, 0.2) is 0 Å². The number of benzene rings is 1. The van der Waals surface area contributed by atoms with Gasteiger partial charge in [0.05, 0.1) is 21.2 Å². The normalized spacial score (nSPS) is 28.4. The zero-order valence-electron chi connectivity index (χ0n) is 15.3. The maximum Gasteiger partial charge on any atom is 0.262 e. The van der Waals surface area contributed by atoms with Crippen molar-refractivity contribution in [2.45, 2.75) is 51.6 Å². The lowest BCUT2D eigenvalue weighted by molar-refractivity contribution is -0.125. The third-order valence-electron chi connectivity index (χ3n) is 6.53. The van der Waals surface area contributed by atoms with E-state index in [1.807, 2.05) is 6.92 Å². The Balaban J connectivity index is 1.47. The Morgan fingerprint density at radius 1 is 1.07 bits per heavy atom. The molecule has 2 saturated carbocycles. The first-order valence-electron chi connectivity index (χ1n) is 9.45. The van der Waals surface area contributed by atoms with E-state index in [1.54, 1.807) is 6.92 Å². The lowest BCUT2D eigenvalue weighted by Crippen LogP contribution is -2.51. The van der Waals surface area contributed by atoms with Crippen LogP contribution in [-0.2, 0) is 4.79 Å². The summed E-state index contributed by atoms with van der Waals surface area (Å²) >= 11 is 11.9. The van der Waals surface area contributed by atoms with Crippen LogP contribution in [0.1, 0.15) is 60.2 Å². The van der Waals surface area contributed by atoms with Crippen LogP contribution in [-0.4, -0.2) is 34.7 Å². The molecule has 5 atom stereocenters. The van der Waals surface area contributed by atoms with Gasteiger partial charge in [0.25, 0.3) is 11.8 Å². The predicted molar refractivity (Wildman–Crippen MR) is 103 cm³/mol. The Morgan fingerprint density at radius 3 is 2.15 bits per heavy atom. The quantitative estimate of drug-likeness (QED) is 0.767. The second-order valence-electron chi connectivity index (χ2n) is 8.10. The van der Waals surface area contributed by atoms with Crippen LogP contribution in [0.15, 0.2) is 12.1 Å². The van der Waals surface area contributed by atoms with E-state index in [9.17, 15) is 14.4 Å². The summed E-state index contributed by atoms with van der Waals surface area (Å²) in [6, 6.07) is 1.93. The van der Waals surface area contributed by atoms with Gasteiger partial charge < -0.3 is 5.32 Å². The molecule has 3 amide bonds. The molecule has 2 fully saturated rings. The van der Waals surface area contributed by atoms with Crippen molar-refractivity contribution in [1.82, 2.24) is 10.2 Å². The Kier molecular flexibility index (Phi) is 4.71. The van der Waals surface area contributed by atoms with Gasteiger partial charge >= 0.3 is 0 Å². The average Bonchev–Trinajstić information content (AvgIpc) is 3.31. The van der Waals surface area contributed by atoms with Crippen LogP contribution in [0.4, 0.5) is 0 Å². The summed E-state index contributed by atoms with van der Waals surface area (Å²) in [6.07, 6.45) is 4.97. The third kappa shape index (κ3) is 3.05. The molecule has 27 heavy (non-hydrogen) atoms. The van der Waals surface area contributed by atoms with Crippen molar-refractivity contribution in [2.24, 2.45) is 17.8 Å². The molecule has 0 spiro atoms. The lowest BCUT2D eigenvalue weighted by Gasteiger charge is -2.30. The van der Waals surface area contributed by atoms with Gasteiger partial charge in [0.2, 0.25) is 5.91 Å². The monoisotopic (exact) mass is 408 g/mol. The number of imide groups is 1. The zero-order chi connectivity index (χ0) is 19.5. The number of carbonyl (C=O) groups excluding carboxylic acids is 3. The third-order valence-corrected chi connectivity index (χ3v) is 7.25. The van der Waals surface area contributed by atoms with Crippen molar-refractivity contribution >= 4 is 40.9 Å². The molecule has 1 aromatic rings. The number of hydrogen-bond donors (Lipinski definition) is 1. The summed E-state index contributed by atoms with van der Waals surface area (Å²) in [5.41, 5.74) is 0.380. The van der Waals surface area contributed by atoms with Crippen LogP contribution in [0.3, 0.4) is 0 Å². The molecule has 2 aliphatic carbocycles. The van der Waals surface area contributed by atoms with Gasteiger partial charge in [0.1, 0.15) is 6.04 Å². The molecule has 0 saturated heterocycles. The van der Waals surface area contributed by atoms with E-state index >= 15 is 0 Å². The molecule has 0 radical (unpaired) electrons. The number of nitrogens with zero attached hydrogens (tertiary/aromatic N) is 1. The van der Waals surface area contributed by atoms with Crippen molar-refractivity contribution in [3.63, 3.8) is 0 Å². The second kappa shape index (κ2) is 6.78. The molecule has 5 unspecified atom stereocenters. The van der Waals surface area contributed by atoms with Gasteiger partial charge in [-0.05, 0) is 63.0 Å². The molecule has 1 heterocycles. The highest BCUT2D eigenvalue weighted by atomic mass is 35.5. The molecule has 1 aromatic carbocycles. The minimum Gasteiger partial charge on any atom is -0.352 e. The Bertz CT molecular complexity index is 800. The minimum absolute atomic E-state index is 0.0364. The molecule has 1 N–H and O–H groups in total. The average molecular weight is 409 g/mol. The highest BCUT2D eigenvalue weighted by Gasteiger charge is 2.44. The van der Waals surface area contributed by atoms with E-state index < -0.39 is 17.9 Å². The Labute approximate surface area is 168 Å². The van der Waals surface area contributed by atoms with Crippen molar-refractivity contribution in [3.8, 4) is 0 Å². The molecule has 4 rings (SSSR count). The molecule has 3 aliphatic rings. The molecular weight excluding hydrogens is 387 g/mol. The van der Waals surface area contributed by atoms with Crippen molar-refractivity contribution < 1.29 is 14.4 Å². The summed E-state index contributed by atoms with van der Waals surface area (Å²) in [5.74, 6) is 0.635. The summed E-state index contributed by atoms with van der Waals surface area (Å²) in [6.45, 7) is 3.60. The number of halogens is 2. The molecular formula is C20H22Cl2N2O3. The van der Waals surface area contributed by atoms with Gasteiger partial charge in [-0.15, -0.1) is 0 Å². The first kappa shape index (κ1) is 18.8. The summed E-state index contributed by atoms with van der Waals surface area (Å²) < 4.78 is 0. The van der Waals surface area contributed by atoms with E-state index in [1.165, 1.54) is 31.4 Å². The summed E-state index contributed by atoms with van der Waals surface area (Å²) in [7, 11) is 0. The van der Waals surface area contributed by atoms with Gasteiger partial charge in [0, 0.05) is 6.04 Å². The maximum absolute atomic E-state index is 12.8. The van der Waals surface area contributed by atoms with E-state index in [-0.39, 0.29) is 33.1 Å². The van der Waals surface area contributed by atoms with Crippen LogP contribution < -0.4 is 5.32 Å². The summed E-state index contributed by atoms with van der Waals surface area (Å²) in [5, 5.41) is 3.45. The fourth-order valence-electron chi connectivity index (χ4n) is 5.08. The van der Waals surface area contributed by atoms with Crippen LogP contribution in [0.25, 0.3) is 0 Å². The second-order valence-corrected chi connectivity index (χ2v) is 8.92. The van der Waals surface area contributed by atoms with Gasteiger partial charge in [-0.3, -0.25) is 19.3 Å². The smallest absolute Gasteiger partial charge is 0.262 e. The Hall–Kier alpha value is -1.59. The van der Waals surface area contributed by atoms with E-state index in [0.717, 1.165) is 17.2 Å². The van der Waals surface area contributed by atoms with Gasteiger partial charge in [-0.25, -0.2) is 0 Å². The van der Waals surface area contributed by atoms with Crippen molar-refractivity contribution in [2.75, 3.05) is 0 Å². The fourth-order valence-corrected chi connectivity index (χ4v) is 5.41. The molecule has 0 aromatic heterocycles. The molecule has 1 aliphatic heterocycles. The fraction of sp³-hybridized carbons (Fsp3) is 0.550. The minimum atomic E-state index is -0.893. The van der Waals surface area contributed by atoms with Gasteiger partial charge in [-0.2, -0.15) is 0 Å². The first-order chi connectivity index (χ1) is 12.8.